The standard InChI is InChI=1S/C16H23NO3S/c1-10-11(9-21-17-10)14(18)19-12-8-13(20-15(2,3)4)16(12)6-5-7-16/h9,12-13H,5-8H2,1-4H3/t12-,13-/m1/s1. The molecule has 0 amide bonds. The molecule has 0 radical (unpaired) electrons. The van der Waals surface area contributed by atoms with Crippen LogP contribution in [0.5, 0.6) is 0 Å². The van der Waals surface area contributed by atoms with E-state index in [-0.39, 0.29) is 29.2 Å². The highest BCUT2D eigenvalue weighted by molar-refractivity contribution is 7.03. The lowest BCUT2D eigenvalue weighted by molar-refractivity contribution is -0.254. The van der Waals surface area contributed by atoms with E-state index in [1.165, 1.54) is 18.0 Å². The zero-order chi connectivity index (χ0) is 15.3. The maximum absolute atomic E-state index is 12.3. The molecule has 0 N–H and O–H groups in total. The average Bonchev–Trinajstić information content (AvgIpc) is 2.69. The minimum Gasteiger partial charge on any atom is -0.458 e. The fourth-order valence-electron chi connectivity index (χ4n) is 3.38. The lowest BCUT2D eigenvalue weighted by Crippen LogP contribution is -2.64. The molecule has 3 rings (SSSR count). The Bertz CT molecular complexity index is 542. The van der Waals surface area contributed by atoms with Crippen molar-refractivity contribution in [1.82, 2.24) is 4.37 Å². The van der Waals surface area contributed by atoms with Gasteiger partial charge in [0.05, 0.1) is 23.0 Å². The molecule has 0 aromatic carbocycles. The first-order chi connectivity index (χ1) is 9.82. The molecule has 4 nitrogen and oxygen atoms in total. The number of rotatable bonds is 3. The second kappa shape index (κ2) is 5.06. The predicted molar refractivity (Wildman–Crippen MR) is 81.6 cm³/mol. The van der Waals surface area contributed by atoms with E-state index in [2.05, 4.69) is 25.1 Å². The summed E-state index contributed by atoms with van der Waals surface area (Å²) in [5.74, 6) is -0.230. The van der Waals surface area contributed by atoms with Crippen LogP contribution in [0.4, 0.5) is 0 Å². The summed E-state index contributed by atoms with van der Waals surface area (Å²) in [6.45, 7) is 8.09. The molecule has 2 atom stereocenters. The fourth-order valence-corrected chi connectivity index (χ4v) is 4.06. The van der Waals surface area contributed by atoms with Crippen molar-refractivity contribution in [2.45, 2.75) is 71.2 Å². The van der Waals surface area contributed by atoms with Gasteiger partial charge < -0.3 is 9.47 Å². The van der Waals surface area contributed by atoms with E-state index in [0.717, 1.165) is 25.0 Å². The van der Waals surface area contributed by atoms with Gasteiger partial charge in [0.15, 0.2) is 0 Å². The van der Waals surface area contributed by atoms with E-state index in [9.17, 15) is 4.79 Å². The third-order valence-electron chi connectivity index (χ3n) is 4.71. The van der Waals surface area contributed by atoms with Gasteiger partial charge in [-0.25, -0.2) is 4.79 Å². The van der Waals surface area contributed by atoms with Crippen LogP contribution in [0, 0.1) is 12.3 Å². The van der Waals surface area contributed by atoms with Crippen molar-refractivity contribution in [3.63, 3.8) is 0 Å². The van der Waals surface area contributed by atoms with Gasteiger partial charge in [0.25, 0.3) is 0 Å². The number of ether oxygens (including phenoxy) is 2. The maximum atomic E-state index is 12.3. The molecule has 1 heterocycles. The second-order valence-electron chi connectivity index (χ2n) is 7.25. The third-order valence-corrected chi connectivity index (χ3v) is 5.43. The molecule has 2 aliphatic carbocycles. The lowest BCUT2D eigenvalue weighted by Gasteiger charge is -2.60. The van der Waals surface area contributed by atoms with Crippen molar-refractivity contribution in [3.05, 3.63) is 16.6 Å². The zero-order valence-electron chi connectivity index (χ0n) is 13.1. The molecule has 0 aliphatic heterocycles. The van der Waals surface area contributed by atoms with E-state index in [1.54, 1.807) is 5.38 Å². The molecule has 21 heavy (non-hydrogen) atoms. The summed E-state index contributed by atoms with van der Waals surface area (Å²) in [5, 5.41) is 1.77. The smallest absolute Gasteiger partial charge is 0.341 e. The number of esters is 1. The van der Waals surface area contributed by atoms with E-state index < -0.39 is 0 Å². The highest BCUT2D eigenvalue weighted by Crippen LogP contribution is 2.59. The third kappa shape index (κ3) is 2.61. The zero-order valence-corrected chi connectivity index (χ0v) is 14.0. The molecule has 0 unspecified atom stereocenters. The van der Waals surface area contributed by atoms with Gasteiger partial charge in [-0.1, -0.05) is 6.42 Å². The molecule has 1 spiro atoms. The Morgan fingerprint density at radius 3 is 2.57 bits per heavy atom. The van der Waals surface area contributed by atoms with Crippen LogP contribution in [0.2, 0.25) is 0 Å². The Balaban J connectivity index is 1.65. The lowest BCUT2D eigenvalue weighted by atomic mass is 9.52. The topological polar surface area (TPSA) is 48.4 Å². The Morgan fingerprint density at radius 2 is 2.10 bits per heavy atom. The summed E-state index contributed by atoms with van der Waals surface area (Å²) in [5.41, 5.74) is 1.29. The van der Waals surface area contributed by atoms with E-state index >= 15 is 0 Å². The van der Waals surface area contributed by atoms with Gasteiger partial charge >= 0.3 is 5.97 Å². The van der Waals surface area contributed by atoms with Gasteiger partial charge in [0, 0.05) is 17.2 Å². The number of nitrogens with zero attached hydrogens (tertiary/aromatic N) is 1. The largest absolute Gasteiger partial charge is 0.458 e. The van der Waals surface area contributed by atoms with Crippen molar-refractivity contribution in [3.8, 4) is 0 Å². The minimum absolute atomic E-state index is 0.00500. The van der Waals surface area contributed by atoms with E-state index in [0.29, 0.717) is 5.56 Å². The van der Waals surface area contributed by atoms with Gasteiger partial charge in [-0.05, 0) is 52.1 Å². The number of carbonyl (C=O) groups excluding carboxylic acids is 1. The monoisotopic (exact) mass is 309 g/mol. The van der Waals surface area contributed by atoms with Crippen LogP contribution in [0.3, 0.4) is 0 Å². The van der Waals surface area contributed by atoms with E-state index in [4.69, 9.17) is 9.47 Å². The summed E-state index contributed by atoms with van der Waals surface area (Å²) in [4.78, 5) is 12.3. The van der Waals surface area contributed by atoms with Crippen LogP contribution in [0.1, 0.15) is 62.5 Å². The number of hydrogen-bond acceptors (Lipinski definition) is 5. The molecule has 116 valence electrons. The number of aromatic nitrogens is 1. The summed E-state index contributed by atoms with van der Waals surface area (Å²) in [6.07, 6.45) is 4.46. The van der Waals surface area contributed by atoms with Crippen molar-refractivity contribution < 1.29 is 14.3 Å². The van der Waals surface area contributed by atoms with Crippen molar-refractivity contribution >= 4 is 17.5 Å². The molecule has 1 aromatic heterocycles. The van der Waals surface area contributed by atoms with Crippen LogP contribution in [0.15, 0.2) is 5.38 Å². The fraction of sp³-hybridized carbons (Fsp3) is 0.750. The highest BCUT2D eigenvalue weighted by Gasteiger charge is 2.61. The van der Waals surface area contributed by atoms with Crippen LogP contribution in [-0.4, -0.2) is 28.2 Å². The summed E-state index contributed by atoms with van der Waals surface area (Å²) < 4.78 is 16.1. The molecular weight excluding hydrogens is 286 g/mol. The SMILES string of the molecule is Cc1nscc1C(=O)O[C@@H]1C[C@@H](OC(C)(C)C)C12CCC2. The van der Waals surface area contributed by atoms with E-state index in [1.807, 2.05) is 6.92 Å². The Kier molecular flexibility index (Phi) is 3.61. The molecule has 1 aromatic rings. The molecule has 0 bridgehead atoms. The van der Waals surface area contributed by atoms with Crippen LogP contribution in [0.25, 0.3) is 0 Å². The summed E-state index contributed by atoms with van der Waals surface area (Å²) >= 11 is 1.30. The molecule has 0 saturated heterocycles. The van der Waals surface area contributed by atoms with Crippen LogP contribution in [-0.2, 0) is 9.47 Å². The van der Waals surface area contributed by atoms with Gasteiger partial charge in [-0.3, -0.25) is 0 Å². The normalized spacial score (nSPS) is 27.0. The Morgan fingerprint density at radius 1 is 1.38 bits per heavy atom. The number of aryl methyl sites for hydroxylation is 1. The van der Waals surface area contributed by atoms with Crippen LogP contribution < -0.4 is 0 Å². The quantitative estimate of drug-likeness (QED) is 0.798. The first-order valence-electron chi connectivity index (χ1n) is 7.62. The number of hydrogen-bond donors (Lipinski definition) is 0. The summed E-state index contributed by atoms with van der Waals surface area (Å²) in [6, 6.07) is 0. The second-order valence-corrected chi connectivity index (χ2v) is 7.88. The van der Waals surface area contributed by atoms with Gasteiger partial charge in [0.1, 0.15) is 6.10 Å². The first kappa shape index (κ1) is 15.0. The molecule has 5 heteroatoms. The average molecular weight is 309 g/mol. The molecule has 2 fully saturated rings. The van der Waals surface area contributed by atoms with Gasteiger partial charge in [-0.15, -0.1) is 0 Å². The van der Waals surface area contributed by atoms with Gasteiger partial charge in [0.2, 0.25) is 0 Å². The van der Waals surface area contributed by atoms with Crippen molar-refractivity contribution in [2.75, 3.05) is 0 Å². The highest BCUT2D eigenvalue weighted by atomic mass is 32.1. The molecule has 2 saturated carbocycles. The Hall–Kier alpha value is -0.940. The van der Waals surface area contributed by atoms with Crippen molar-refractivity contribution in [2.24, 2.45) is 5.41 Å². The Labute approximate surface area is 130 Å². The molecule has 2 aliphatic rings. The van der Waals surface area contributed by atoms with Gasteiger partial charge in [-0.2, -0.15) is 4.37 Å². The molecular formula is C16H23NO3S. The predicted octanol–water partition coefficient (Wildman–Crippen LogP) is 3.73. The number of carbonyl (C=O) groups is 1. The van der Waals surface area contributed by atoms with Crippen LogP contribution >= 0.6 is 11.5 Å². The van der Waals surface area contributed by atoms with Crippen molar-refractivity contribution in [1.29, 1.82) is 0 Å². The summed E-state index contributed by atoms with van der Waals surface area (Å²) in [7, 11) is 0. The maximum Gasteiger partial charge on any atom is 0.341 e. The minimum atomic E-state index is -0.230. The first-order valence-corrected chi connectivity index (χ1v) is 8.45.